The molecule has 3 aromatic heterocycles. The second kappa shape index (κ2) is 8.86. The number of rotatable bonds is 6. The molecule has 1 aromatic carbocycles. The number of imidazole rings is 1. The summed E-state index contributed by atoms with van der Waals surface area (Å²) < 4.78 is 23.2. The third-order valence-electron chi connectivity index (χ3n) is 7.33. The molecule has 0 spiro atoms. The molecule has 10 heteroatoms. The number of ether oxygens (including phenoxy) is 1. The number of carbonyl (C=O) groups excluding carboxylic acids is 1. The number of anilines is 2. The van der Waals surface area contributed by atoms with Crippen LogP contribution in [0.5, 0.6) is 0 Å². The second-order valence-electron chi connectivity index (χ2n) is 9.97. The highest BCUT2D eigenvalue weighted by Gasteiger charge is 2.33. The Morgan fingerprint density at radius 2 is 2.03 bits per heavy atom. The van der Waals surface area contributed by atoms with E-state index in [-0.39, 0.29) is 11.6 Å². The molecular weight excluding hydrogens is 461 g/mol. The van der Waals surface area contributed by atoms with Gasteiger partial charge in [0.1, 0.15) is 5.52 Å². The zero-order valence-corrected chi connectivity index (χ0v) is 20.7. The average Bonchev–Trinajstić information content (AvgIpc) is 3.52. The van der Waals surface area contributed by atoms with Crippen molar-refractivity contribution in [3.05, 3.63) is 53.9 Å². The highest BCUT2D eigenvalue weighted by Crippen LogP contribution is 2.32. The molecule has 2 N–H and O–H groups in total. The highest BCUT2D eigenvalue weighted by atomic mass is 19.1. The van der Waals surface area contributed by atoms with Crippen LogP contribution in [0.25, 0.3) is 16.6 Å². The lowest BCUT2D eigenvalue weighted by Crippen LogP contribution is -2.49. The zero-order valence-electron chi connectivity index (χ0n) is 20.7. The molecule has 1 atom stereocenters. The fraction of sp³-hybridized carbons (Fsp3) is 0.423. The molecule has 9 nitrogen and oxygen atoms in total. The largest absolute Gasteiger partial charge is 0.381 e. The number of halogens is 1. The molecule has 188 valence electrons. The van der Waals surface area contributed by atoms with Crippen molar-refractivity contribution in [2.24, 2.45) is 7.05 Å². The van der Waals surface area contributed by atoms with E-state index in [1.165, 1.54) is 6.07 Å². The first-order valence-corrected chi connectivity index (χ1v) is 12.3. The van der Waals surface area contributed by atoms with Crippen LogP contribution in [-0.2, 0) is 11.8 Å². The molecule has 0 radical (unpaired) electrons. The van der Waals surface area contributed by atoms with Crippen molar-refractivity contribution in [2.75, 3.05) is 30.4 Å². The Kier molecular flexibility index (Phi) is 5.65. The molecular formula is C26H30FN7O2. The van der Waals surface area contributed by atoms with E-state index >= 15 is 0 Å². The average molecular weight is 492 g/mol. The van der Waals surface area contributed by atoms with Crippen LogP contribution in [-0.4, -0.2) is 63.5 Å². The van der Waals surface area contributed by atoms with Crippen LogP contribution < -0.4 is 15.5 Å². The Hall–Kier alpha value is -3.50. The van der Waals surface area contributed by atoms with Gasteiger partial charge in [0.2, 0.25) is 0 Å². The van der Waals surface area contributed by atoms with Gasteiger partial charge in [-0.2, -0.15) is 5.10 Å². The summed E-state index contributed by atoms with van der Waals surface area (Å²) in [6, 6.07) is 6.05. The van der Waals surface area contributed by atoms with Gasteiger partial charge in [0.05, 0.1) is 23.0 Å². The summed E-state index contributed by atoms with van der Waals surface area (Å²) in [4.78, 5) is 19.8. The summed E-state index contributed by atoms with van der Waals surface area (Å²) >= 11 is 0. The molecule has 2 aliphatic rings. The predicted octanol–water partition coefficient (Wildman–Crippen LogP) is 3.27. The van der Waals surface area contributed by atoms with Gasteiger partial charge in [-0.1, -0.05) is 0 Å². The number of nitrogens with zero attached hydrogens (tertiary/aromatic N) is 5. The van der Waals surface area contributed by atoms with Gasteiger partial charge < -0.3 is 24.7 Å². The van der Waals surface area contributed by atoms with Gasteiger partial charge in [-0.05, 0) is 38.3 Å². The maximum absolute atomic E-state index is 14.5. The van der Waals surface area contributed by atoms with Crippen LogP contribution in [0, 0.1) is 12.7 Å². The maximum Gasteiger partial charge on any atom is 0.257 e. The van der Waals surface area contributed by atoms with E-state index in [0.29, 0.717) is 40.6 Å². The second-order valence-corrected chi connectivity index (χ2v) is 9.97. The van der Waals surface area contributed by atoms with Crippen molar-refractivity contribution in [1.29, 1.82) is 0 Å². The highest BCUT2D eigenvalue weighted by molar-refractivity contribution is 6.13. The lowest BCUT2D eigenvalue weighted by atomic mass is 9.88. The summed E-state index contributed by atoms with van der Waals surface area (Å²) in [5.41, 5.74) is 3.45. The Morgan fingerprint density at radius 1 is 1.19 bits per heavy atom. The smallest absolute Gasteiger partial charge is 0.257 e. The summed E-state index contributed by atoms with van der Waals surface area (Å²) in [7, 11) is 3.63. The topological polar surface area (TPSA) is 88.7 Å². The van der Waals surface area contributed by atoms with Crippen LogP contribution >= 0.6 is 0 Å². The number of nitrogens with one attached hydrogen (secondary N) is 2. The monoisotopic (exact) mass is 491 g/mol. The molecule has 4 heterocycles. The van der Waals surface area contributed by atoms with Gasteiger partial charge in [0, 0.05) is 75.1 Å². The number of fused-ring (bicyclic) bond motifs is 2. The number of aromatic nitrogens is 4. The first kappa shape index (κ1) is 22.9. The van der Waals surface area contributed by atoms with Gasteiger partial charge in [-0.3, -0.25) is 9.48 Å². The van der Waals surface area contributed by atoms with Crippen LogP contribution in [0.3, 0.4) is 0 Å². The number of hydrogen-bond acceptors (Lipinski definition) is 6. The summed E-state index contributed by atoms with van der Waals surface area (Å²) in [5, 5.41) is 12.1. The van der Waals surface area contributed by atoms with Gasteiger partial charge >= 0.3 is 0 Å². The van der Waals surface area contributed by atoms with Gasteiger partial charge in [-0.25, -0.2) is 9.37 Å². The third-order valence-corrected chi connectivity index (χ3v) is 7.33. The SMILES string of the molecule is CO[C@H]1C[C@@H](N[C@H]2CCN(c3ccc(C(=O)Nc4cc(F)c5nc(C)cn5c4)c4nn(C)cc34)C2)C1. The molecule has 2 fully saturated rings. The van der Waals surface area contributed by atoms with E-state index in [9.17, 15) is 9.18 Å². The van der Waals surface area contributed by atoms with Crippen molar-refractivity contribution >= 4 is 33.8 Å². The third kappa shape index (κ3) is 4.10. The van der Waals surface area contributed by atoms with E-state index in [1.807, 2.05) is 25.4 Å². The molecule has 4 aromatic rings. The van der Waals surface area contributed by atoms with Crippen LogP contribution in [0.15, 0.2) is 36.8 Å². The van der Waals surface area contributed by atoms with Crippen molar-refractivity contribution in [3.8, 4) is 0 Å². The van der Waals surface area contributed by atoms with Gasteiger partial charge in [0.25, 0.3) is 5.91 Å². The lowest BCUT2D eigenvalue weighted by Gasteiger charge is -2.36. The van der Waals surface area contributed by atoms with E-state index in [0.717, 1.165) is 43.4 Å². The van der Waals surface area contributed by atoms with E-state index in [4.69, 9.17) is 4.74 Å². The fourth-order valence-corrected chi connectivity index (χ4v) is 5.45. The number of hydrogen-bond donors (Lipinski definition) is 2. The zero-order chi connectivity index (χ0) is 25.0. The quantitative estimate of drug-likeness (QED) is 0.431. The van der Waals surface area contributed by atoms with Crippen molar-refractivity contribution in [1.82, 2.24) is 24.5 Å². The number of pyridine rings is 1. The minimum Gasteiger partial charge on any atom is -0.381 e. The van der Waals surface area contributed by atoms with Crippen molar-refractivity contribution in [3.63, 3.8) is 0 Å². The molecule has 0 bridgehead atoms. The van der Waals surface area contributed by atoms with Crippen LogP contribution in [0.4, 0.5) is 15.8 Å². The minimum absolute atomic E-state index is 0.233. The Balaban J connectivity index is 1.22. The van der Waals surface area contributed by atoms with E-state index in [2.05, 4.69) is 25.6 Å². The Bertz CT molecular complexity index is 1460. The molecule has 36 heavy (non-hydrogen) atoms. The molecule has 6 rings (SSSR count). The molecule has 1 aliphatic carbocycles. The van der Waals surface area contributed by atoms with Crippen molar-refractivity contribution < 1.29 is 13.9 Å². The minimum atomic E-state index is -0.490. The summed E-state index contributed by atoms with van der Waals surface area (Å²) in [5.74, 6) is -0.824. The predicted molar refractivity (Wildman–Crippen MR) is 136 cm³/mol. The number of carbonyl (C=O) groups is 1. The molecule has 1 amide bonds. The first-order valence-electron chi connectivity index (χ1n) is 12.3. The van der Waals surface area contributed by atoms with Crippen LogP contribution in [0.1, 0.15) is 35.3 Å². The molecule has 1 saturated heterocycles. The van der Waals surface area contributed by atoms with E-state index in [1.54, 1.807) is 35.5 Å². The van der Waals surface area contributed by atoms with Gasteiger partial charge in [0.15, 0.2) is 11.5 Å². The standard InChI is InChI=1S/C26H30FN7O2/c1-15-11-34-13-18(10-22(27)25(34)28-15)30-26(35)20-4-5-23(21-14-32(2)31-24(20)21)33-7-6-16(12-33)29-17-8-19(9-17)36-3/h4-5,10-11,13-14,16-17,19,29H,6-9,12H2,1-3H3,(H,30,35)/t16-,17-,19+/m0/s1. The van der Waals surface area contributed by atoms with Crippen LogP contribution in [0.2, 0.25) is 0 Å². The van der Waals surface area contributed by atoms with Gasteiger partial charge in [-0.15, -0.1) is 0 Å². The number of amides is 1. The summed E-state index contributed by atoms with van der Waals surface area (Å²) in [6.45, 7) is 3.65. The van der Waals surface area contributed by atoms with E-state index < -0.39 is 5.82 Å². The lowest BCUT2D eigenvalue weighted by molar-refractivity contribution is 0.0149. The molecule has 0 unspecified atom stereocenters. The summed E-state index contributed by atoms with van der Waals surface area (Å²) in [6.07, 6.45) is 8.93. The Labute approximate surface area is 208 Å². The molecule has 1 saturated carbocycles. The maximum atomic E-state index is 14.5. The first-order chi connectivity index (χ1) is 17.4. The normalized spacial score (nSPS) is 21.9. The number of methoxy groups -OCH3 is 1. The Morgan fingerprint density at radius 3 is 2.83 bits per heavy atom. The molecule has 1 aliphatic heterocycles. The fourth-order valence-electron chi connectivity index (χ4n) is 5.45. The van der Waals surface area contributed by atoms with Crippen molar-refractivity contribution in [2.45, 2.75) is 44.4 Å². The number of benzene rings is 1. The number of aryl methyl sites for hydroxylation is 2.